The van der Waals surface area contributed by atoms with Gasteiger partial charge in [-0.1, -0.05) is 26.7 Å². The summed E-state index contributed by atoms with van der Waals surface area (Å²) in [5.74, 6) is 0.120. The molecule has 0 amide bonds. The third-order valence-electron chi connectivity index (χ3n) is 2.17. The van der Waals surface area contributed by atoms with Crippen LogP contribution < -0.4 is 5.73 Å². The van der Waals surface area contributed by atoms with Gasteiger partial charge in [-0.2, -0.15) is 0 Å². The molecule has 0 aliphatic carbocycles. The van der Waals surface area contributed by atoms with E-state index in [4.69, 9.17) is 5.73 Å². The lowest BCUT2D eigenvalue weighted by atomic mass is 9.86. The molecule has 0 spiro atoms. The Hall–Kier alpha value is -0.110. The van der Waals surface area contributed by atoms with Gasteiger partial charge in [0.25, 0.3) is 0 Å². The maximum atomic E-state index is 13.4. The monoisotopic (exact) mass is 161 g/mol. The average molecular weight is 161 g/mol. The lowest BCUT2D eigenvalue weighted by Gasteiger charge is -2.29. The normalized spacial score (nSPS) is 15.5. The minimum Gasteiger partial charge on any atom is -0.323 e. The van der Waals surface area contributed by atoms with Crippen molar-refractivity contribution in [1.29, 1.82) is 0 Å². The molecule has 0 aliphatic rings. The highest BCUT2D eigenvalue weighted by atomic mass is 19.1. The van der Waals surface area contributed by atoms with Gasteiger partial charge in [-0.15, -0.1) is 0 Å². The zero-order chi connectivity index (χ0) is 9.07. The zero-order valence-electron chi connectivity index (χ0n) is 8.02. The van der Waals surface area contributed by atoms with Crippen LogP contribution in [0, 0.1) is 5.92 Å². The predicted octanol–water partition coefficient (Wildman–Crippen LogP) is 2.50. The number of halogens is 1. The van der Waals surface area contributed by atoms with Gasteiger partial charge < -0.3 is 5.73 Å². The van der Waals surface area contributed by atoms with Gasteiger partial charge in [0.05, 0.1) is 0 Å². The smallest absolute Gasteiger partial charge is 0.120 e. The van der Waals surface area contributed by atoms with Crippen LogP contribution >= 0.6 is 0 Å². The van der Waals surface area contributed by atoms with Crippen molar-refractivity contribution in [3.05, 3.63) is 0 Å². The van der Waals surface area contributed by atoms with Gasteiger partial charge in [-0.25, -0.2) is 4.39 Å². The Labute approximate surface area is 69.2 Å². The van der Waals surface area contributed by atoms with E-state index in [0.29, 0.717) is 0 Å². The molecule has 0 heterocycles. The molecule has 0 radical (unpaired) electrons. The topological polar surface area (TPSA) is 26.0 Å². The van der Waals surface area contributed by atoms with Crippen molar-refractivity contribution in [3.63, 3.8) is 0 Å². The van der Waals surface area contributed by atoms with E-state index >= 15 is 0 Å². The maximum absolute atomic E-state index is 13.4. The van der Waals surface area contributed by atoms with E-state index in [-0.39, 0.29) is 5.92 Å². The fraction of sp³-hybridized carbons (Fsp3) is 1.00. The summed E-state index contributed by atoms with van der Waals surface area (Å²) >= 11 is 0. The van der Waals surface area contributed by atoms with E-state index in [2.05, 4.69) is 0 Å². The van der Waals surface area contributed by atoms with Gasteiger partial charge in [0.15, 0.2) is 0 Å². The van der Waals surface area contributed by atoms with E-state index in [1.54, 1.807) is 13.8 Å². The Morgan fingerprint density at radius 1 is 1.27 bits per heavy atom. The summed E-state index contributed by atoms with van der Waals surface area (Å²) in [4.78, 5) is 0. The zero-order valence-corrected chi connectivity index (χ0v) is 8.02. The number of rotatable bonds is 4. The van der Waals surface area contributed by atoms with Crippen molar-refractivity contribution in [2.45, 2.75) is 52.2 Å². The lowest BCUT2D eigenvalue weighted by molar-refractivity contribution is 0.136. The number of nitrogens with two attached hydrogens (primary N) is 1. The third kappa shape index (κ3) is 3.19. The molecule has 0 saturated heterocycles. The highest BCUT2D eigenvalue weighted by Gasteiger charge is 2.30. The molecule has 1 nitrogen and oxygen atoms in total. The van der Waals surface area contributed by atoms with Gasteiger partial charge >= 0.3 is 0 Å². The maximum Gasteiger partial charge on any atom is 0.120 e. The first-order valence-electron chi connectivity index (χ1n) is 4.36. The summed E-state index contributed by atoms with van der Waals surface area (Å²) in [6, 6.07) is 0. The molecule has 0 bridgehead atoms. The molecule has 0 aromatic rings. The van der Waals surface area contributed by atoms with Crippen LogP contribution in [0.3, 0.4) is 0 Å². The van der Waals surface area contributed by atoms with Crippen molar-refractivity contribution in [2.75, 3.05) is 0 Å². The van der Waals surface area contributed by atoms with Crippen LogP contribution in [0.5, 0.6) is 0 Å². The minimum absolute atomic E-state index is 0.120. The van der Waals surface area contributed by atoms with E-state index in [9.17, 15) is 4.39 Å². The molecule has 11 heavy (non-hydrogen) atoms. The van der Waals surface area contributed by atoms with Gasteiger partial charge in [0.2, 0.25) is 0 Å². The molecule has 1 unspecified atom stereocenters. The summed E-state index contributed by atoms with van der Waals surface area (Å²) in [5, 5.41) is 0. The van der Waals surface area contributed by atoms with Gasteiger partial charge in [-0.3, -0.25) is 0 Å². The Kier molecular flexibility index (Phi) is 4.01. The van der Waals surface area contributed by atoms with Crippen LogP contribution in [0.25, 0.3) is 0 Å². The molecule has 0 saturated carbocycles. The summed E-state index contributed by atoms with van der Waals surface area (Å²) in [6.07, 6.45) is 0.869. The summed E-state index contributed by atoms with van der Waals surface area (Å²) in [7, 11) is 0. The van der Waals surface area contributed by atoms with Crippen LogP contribution in [0.1, 0.15) is 40.5 Å². The van der Waals surface area contributed by atoms with Crippen LogP contribution in [-0.4, -0.2) is 11.7 Å². The molecule has 0 fully saturated rings. The Morgan fingerprint density at radius 3 is 1.73 bits per heavy atom. The molecule has 2 N–H and O–H groups in total. The first-order valence-corrected chi connectivity index (χ1v) is 4.36. The van der Waals surface area contributed by atoms with E-state index in [1.165, 1.54) is 0 Å². The molecule has 2 heteroatoms. The van der Waals surface area contributed by atoms with Crippen molar-refractivity contribution in [1.82, 2.24) is 0 Å². The number of hydrogen-bond donors (Lipinski definition) is 1. The minimum atomic E-state index is -0.877. The van der Waals surface area contributed by atoms with Gasteiger partial charge in [-0.05, 0) is 19.8 Å². The molecular weight excluding hydrogens is 141 g/mol. The van der Waals surface area contributed by atoms with Crippen molar-refractivity contribution >= 4 is 0 Å². The molecule has 0 aliphatic heterocycles. The lowest BCUT2D eigenvalue weighted by Crippen LogP contribution is -2.46. The van der Waals surface area contributed by atoms with E-state index < -0.39 is 11.7 Å². The van der Waals surface area contributed by atoms with E-state index in [0.717, 1.165) is 12.8 Å². The summed E-state index contributed by atoms with van der Waals surface area (Å²) in [5.41, 5.74) is 4.97. The quantitative estimate of drug-likeness (QED) is 0.673. The molecular formula is C9H20FN. The Morgan fingerprint density at radius 2 is 1.64 bits per heavy atom. The molecule has 1 atom stereocenters. The molecule has 0 rings (SSSR count). The largest absolute Gasteiger partial charge is 0.323 e. The molecule has 68 valence electrons. The fourth-order valence-corrected chi connectivity index (χ4v) is 1.31. The highest BCUT2D eigenvalue weighted by molar-refractivity contribution is 4.86. The van der Waals surface area contributed by atoms with Gasteiger partial charge in [0, 0.05) is 5.54 Å². The highest BCUT2D eigenvalue weighted by Crippen LogP contribution is 2.23. The number of alkyl halides is 1. The van der Waals surface area contributed by atoms with Crippen molar-refractivity contribution in [3.8, 4) is 0 Å². The molecule has 0 aromatic carbocycles. The van der Waals surface area contributed by atoms with Crippen LogP contribution in [0.15, 0.2) is 0 Å². The first kappa shape index (κ1) is 10.9. The van der Waals surface area contributed by atoms with Gasteiger partial charge in [0.1, 0.15) is 6.17 Å². The average Bonchev–Trinajstić information content (AvgIpc) is 1.88. The standard InChI is InChI=1S/C9H20FN/c1-5-7(6-2)8(10)9(3,4)11/h7-8H,5-6,11H2,1-4H3. The Bertz CT molecular complexity index is 103. The Balaban J connectivity index is 4.09. The summed E-state index contributed by atoms with van der Waals surface area (Å²) < 4.78 is 13.4. The predicted molar refractivity (Wildman–Crippen MR) is 47.2 cm³/mol. The SMILES string of the molecule is CCC(CC)C(F)C(C)(C)N. The summed E-state index contributed by atoms with van der Waals surface area (Å²) in [6.45, 7) is 7.50. The second-order valence-electron chi connectivity index (χ2n) is 3.80. The second-order valence-corrected chi connectivity index (χ2v) is 3.80. The van der Waals surface area contributed by atoms with Crippen molar-refractivity contribution in [2.24, 2.45) is 11.7 Å². The van der Waals surface area contributed by atoms with Crippen LogP contribution in [-0.2, 0) is 0 Å². The van der Waals surface area contributed by atoms with Crippen LogP contribution in [0.4, 0.5) is 4.39 Å². The van der Waals surface area contributed by atoms with E-state index in [1.807, 2.05) is 13.8 Å². The third-order valence-corrected chi connectivity index (χ3v) is 2.17. The first-order chi connectivity index (χ1) is 4.93. The number of hydrogen-bond acceptors (Lipinski definition) is 1. The van der Waals surface area contributed by atoms with Crippen molar-refractivity contribution < 1.29 is 4.39 Å². The van der Waals surface area contributed by atoms with Crippen LogP contribution in [0.2, 0.25) is 0 Å². The second kappa shape index (κ2) is 4.05. The molecule has 0 aromatic heterocycles. The fourth-order valence-electron chi connectivity index (χ4n) is 1.31.